The van der Waals surface area contributed by atoms with Crippen LogP contribution in [-0.4, -0.2) is 24.3 Å². The van der Waals surface area contributed by atoms with Gasteiger partial charge >= 0.3 is 0 Å². The number of carbonyl (C=O) groups is 1. The third kappa shape index (κ3) is 3.88. The highest BCUT2D eigenvalue weighted by Crippen LogP contribution is 2.30. The van der Waals surface area contributed by atoms with E-state index in [1.165, 1.54) is 0 Å². The maximum Gasteiger partial charge on any atom is 0.284 e. The van der Waals surface area contributed by atoms with Crippen LogP contribution in [0, 0.1) is 0 Å². The third-order valence-electron chi connectivity index (χ3n) is 4.54. The summed E-state index contributed by atoms with van der Waals surface area (Å²) in [6.07, 6.45) is -0.730. The number of ether oxygens (including phenoxy) is 2. The fourth-order valence-corrected chi connectivity index (χ4v) is 2.96. The zero-order valence-corrected chi connectivity index (χ0v) is 15.5. The standard InChI is InChI=1S/C23H20N2O3/c1-16(17-11-13-19(14-12-17)18-7-3-2-4-8-18)24-25-23(26)22-15-27-20-9-5-6-10-21(20)28-22/h2-14,22H,15H2,1H3,(H,25,26)/b24-16-/t22-/m1/s1. The molecule has 3 aromatic rings. The number of para-hydroxylation sites is 2. The van der Waals surface area contributed by atoms with Crippen LogP contribution < -0.4 is 14.9 Å². The number of nitrogens with one attached hydrogen (secondary N) is 1. The van der Waals surface area contributed by atoms with Crippen LogP contribution in [0.25, 0.3) is 11.1 Å². The van der Waals surface area contributed by atoms with Crippen LogP contribution in [0.15, 0.2) is 84.0 Å². The van der Waals surface area contributed by atoms with E-state index in [4.69, 9.17) is 9.47 Å². The number of hydrogen-bond acceptors (Lipinski definition) is 4. The van der Waals surface area contributed by atoms with Gasteiger partial charge in [0.1, 0.15) is 6.61 Å². The topological polar surface area (TPSA) is 59.9 Å². The van der Waals surface area contributed by atoms with Crippen molar-refractivity contribution in [3.63, 3.8) is 0 Å². The highest BCUT2D eigenvalue weighted by atomic mass is 16.6. The van der Waals surface area contributed by atoms with E-state index < -0.39 is 6.10 Å². The largest absolute Gasteiger partial charge is 0.485 e. The lowest BCUT2D eigenvalue weighted by molar-refractivity contribution is -0.130. The predicted molar refractivity (Wildman–Crippen MR) is 109 cm³/mol. The second-order valence-corrected chi connectivity index (χ2v) is 6.48. The van der Waals surface area contributed by atoms with Crippen LogP contribution in [0.5, 0.6) is 11.5 Å². The maximum absolute atomic E-state index is 12.4. The molecule has 5 heteroatoms. The number of amides is 1. The average Bonchev–Trinajstić information content (AvgIpc) is 2.77. The molecule has 0 bridgehead atoms. The van der Waals surface area contributed by atoms with Gasteiger partial charge in [-0.1, -0.05) is 66.7 Å². The molecule has 0 fully saturated rings. The molecule has 4 rings (SSSR count). The Morgan fingerprint density at radius 2 is 1.54 bits per heavy atom. The molecular weight excluding hydrogens is 352 g/mol. The quantitative estimate of drug-likeness (QED) is 0.556. The molecule has 0 radical (unpaired) electrons. The van der Waals surface area contributed by atoms with E-state index in [-0.39, 0.29) is 12.5 Å². The molecule has 0 aromatic heterocycles. The van der Waals surface area contributed by atoms with Crippen molar-refractivity contribution in [1.29, 1.82) is 0 Å². The van der Waals surface area contributed by atoms with Crippen molar-refractivity contribution >= 4 is 11.6 Å². The van der Waals surface area contributed by atoms with E-state index in [1.807, 2.05) is 67.6 Å². The minimum absolute atomic E-state index is 0.156. The number of nitrogens with zero attached hydrogens (tertiary/aromatic N) is 1. The van der Waals surface area contributed by atoms with Gasteiger partial charge in [0.05, 0.1) is 5.71 Å². The third-order valence-corrected chi connectivity index (χ3v) is 4.54. The summed E-state index contributed by atoms with van der Waals surface area (Å²) in [5.41, 5.74) is 6.51. The van der Waals surface area contributed by atoms with Crippen LogP contribution in [0.2, 0.25) is 0 Å². The summed E-state index contributed by atoms with van der Waals surface area (Å²) in [7, 11) is 0. The molecule has 1 heterocycles. The number of carbonyl (C=O) groups excluding carboxylic acids is 1. The molecule has 28 heavy (non-hydrogen) atoms. The van der Waals surface area contributed by atoms with Gasteiger partial charge in [-0.2, -0.15) is 5.10 Å². The van der Waals surface area contributed by atoms with Crippen molar-refractivity contribution in [1.82, 2.24) is 5.43 Å². The van der Waals surface area contributed by atoms with E-state index in [0.29, 0.717) is 17.2 Å². The van der Waals surface area contributed by atoms with Crippen LogP contribution in [0.3, 0.4) is 0 Å². The van der Waals surface area contributed by atoms with Crippen LogP contribution in [0.4, 0.5) is 0 Å². The first kappa shape index (κ1) is 17.8. The first-order valence-electron chi connectivity index (χ1n) is 9.09. The number of hydrazone groups is 1. The average molecular weight is 372 g/mol. The maximum atomic E-state index is 12.4. The molecule has 0 spiro atoms. The Hall–Kier alpha value is -3.60. The number of hydrogen-bond donors (Lipinski definition) is 1. The monoisotopic (exact) mass is 372 g/mol. The van der Waals surface area contributed by atoms with E-state index in [9.17, 15) is 4.79 Å². The van der Waals surface area contributed by atoms with Gasteiger partial charge in [0.15, 0.2) is 11.5 Å². The van der Waals surface area contributed by atoms with Crippen molar-refractivity contribution in [3.8, 4) is 22.6 Å². The van der Waals surface area contributed by atoms with E-state index in [1.54, 1.807) is 6.07 Å². The number of fused-ring (bicyclic) bond motifs is 1. The van der Waals surface area contributed by atoms with Crippen molar-refractivity contribution < 1.29 is 14.3 Å². The van der Waals surface area contributed by atoms with Crippen LogP contribution >= 0.6 is 0 Å². The normalized spacial score (nSPS) is 15.8. The van der Waals surface area contributed by atoms with E-state index >= 15 is 0 Å². The lowest BCUT2D eigenvalue weighted by Crippen LogP contribution is -2.42. The van der Waals surface area contributed by atoms with Crippen molar-refractivity contribution in [3.05, 3.63) is 84.4 Å². The molecule has 1 aliphatic heterocycles. The number of rotatable bonds is 4. The summed E-state index contributed by atoms with van der Waals surface area (Å²) in [4.78, 5) is 12.4. The molecule has 1 aliphatic rings. The summed E-state index contributed by atoms with van der Waals surface area (Å²) in [6.45, 7) is 2.01. The van der Waals surface area contributed by atoms with E-state index in [2.05, 4.69) is 22.7 Å². The molecule has 0 aliphatic carbocycles. The Morgan fingerprint density at radius 1 is 0.893 bits per heavy atom. The summed E-state index contributed by atoms with van der Waals surface area (Å²) in [6, 6.07) is 25.5. The molecule has 1 amide bonds. The summed E-state index contributed by atoms with van der Waals surface area (Å²) in [5, 5.41) is 4.21. The smallest absolute Gasteiger partial charge is 0.284 e. The fourth-order valence-electron chi connectivity index (χ4n) is 2.96. The molecular formula is C23H20N2O3. The van der Waals surface area contributed by atoms with Gasteiger partial charge < -0.3 is 9.47 Å². The van der Waals surface area contributed by atoms with Crippen molar-refractivity contribution in [2.75, 3.05) is 6.61 Å². The minimum Gasteiger partial charge on any atom is -0.485 e. The molecule has 3 aromatic carbocycles. The van der Waals surface area contributed by atoms with Gasteiger partial charge in [-0.25, -0.2) is 5.43 Å². The molecule has 1 atom stereocenters. The zero-order valence-electron chi connectivity index (χ0n) is 15.5. The Morgan fingerprint density at radius 3 is 2.29 bits per heavy atom. The second kappa shape index (κ2) is 7.96. The van der Waals surface area contributed by atoms with E-state index in [0.717, 1.165) is 16.7 Å². The predicted octanol–water partition coefficient (Wildman–Crippen LogP) is 4.03. The molecule has 0 saturated carbocycles. The summed E-state index contributed by atoms with van der Waals surface area (Å²) < 4.78 is 11.3. The summed E-state index contributed by atoms with van der Waals surface area (Å²) >= 11 is 0. The minimum atomic E-state index is -0.730. The number of benzene rings is 3. The molecule has 0 unspecified atom stereocenters. The Bertz CT molecular complexity index is 998. The van der Waals surface area contributed by atoms with Gasteiger partial charge in [0.25, 0.3) is 5.91 Å². The van der Waals surface area contributed by atoms with Crippen LogP contribution in [0.1, 0.15) is 12.5 Å². The lowest BCUT2D eigenvalue weighted by Gasteiger charge is -2.24. The first-order chi connectivity index (χ1) is 13.7. The SMILES string of the molecule is C/C(=N/NC(=O)[C@H]1COc2ccccc2O1)c1ccc(-c2ccccc2)cc1. The molecule has 0 saturated heterocycles. The van der Waals surface area contributed by atoms with Gasteiger partial charge in [0, 0.05) is 0 Å². The van der Waals surface area contributed by atoms with Crippen molar-refractivity contribution in [2.45, 2.75) is 13.0 Å². The van der Waals surface area contributed by atoms with Crippen LogP contribution in [-0.2, 0) is 4.79 Å². The molecule has 140 valence electrons. The van der Waals surface area contributed by atoms with Gasteiger partial charge in [0.2, 0.25) is 6.10 Å². The Balaban J connectivity index is 1.40. The van der Waals surface area contributed by atoms with Gasteiger partial charge in [-0.05, 0) is 35.7 Å². The van der Waals surface area contributed by atoms with Gasteiger partial charge in [-0.3, -0.25) is 4.79 Å². The highest BCUT2D eigenvalue weighted by molar-refractivity contribution is 5.99. The first-order valence-corrected chi connectivity index (χ1v) is 9.09. The zero-order chi connectivity index (χ0) is 19.3. The molecule has 5 nitrogen and oxygen atoms in total. The highest BCUT2D eigenvalue weighted by Gasteiger charge is 2.27. The van der Waals surface area contributed by atoms with Crippen molar-refractivity contribution in [2.24, 2.45) is 5.10 Å². The lowest BCUT2D eigenvalue weighted by atomic mass is 10.0. The molecule has 1 N–H and O–H groups in total. The Labute approximate surface area is 163 Å². The summed E-state index contributed by atoms with van der Waals surface area (Å²) in [5.74, 6) is 0.866. The Kier molecular flexibility index (Phi) is 5.06. The second-order valence-electron chi connectivity index (χ2n) is 6.48. The van der Waals surface area contributed by atoms with Gasteiger partial charge in [-0.15, -0.1) is 0 Å². The fraction of sp³-hybridized carbons (Fsp3) is 0.130.